The highest BCUT2D eigenvalue weighted by Gasteiger charge is 2.12. The van der Waals surface area contributed by atoms with Crippen LogP contribution in [0, 0.1) is 0 Å². The van der Waals surface area contributed by atoms with E-state index in [1.807, 2.05) is 0 Å². The van der Waals surface area contributed by atoms with Gasteiger partial charge in [0.1, 0.15) is 5.82 Å². The molecule has 2 rings (SSSR count). The van der Waals surface area contributed by atoms with E-state index in [0.29, 0.717) is 17.1 Å². The van der Waals surface area contributed by atoms with Crippen molar-refractivity contribution in [3.63, 3.8) is 0 Å². The van der Waals surface area contributed by atoms with Gasteiger partial charge in [-0.2, -0.15) is 0 Å². The van der Waals surface area contributed by atoms with Crippen LogP contribution in [0.4, 0.5) is 11.5 Å². The molecule has 1 aromatic heterocycles. The van der Waals surface area contributed by atoms with Crippen molar-refractivity contribution < 1.29 is 9.53 Å². The molecule has 0 saturated carbocycles. The fraction of sp³-hybridized carbons (Fsp3) is 0.571. The fourth-order valence-corrected chi connectivity index (χ4v) is 2.37. The van der Waals surface area contributed by atoms with Gasteiger partial charge in [0, 0.05) is 6.54 Å². The Morgan fingerprint density at radius 1 is 1.50 bits per heavy atom. The number of nitrogen functional groups attached to an aromatic ring is 1. The predicted molar refractivity (Wildman–Crippen MR) is 78.8 cm³/mol. The van der Waals surface area contributed by atoms with Gasteiger partial charge >= 0.3 is 5.97 Å². The molecule has 2 heterocycles. The van der Waals surface area contributed by atoms with Crippen LogP contribution in [0.5, 0.6) is 0 Å². The molecule has 0 amide bonds. The van der Waals surface area contributed by atoms with Gasteiger partial charge in [0.05, 0.1) is 24.6 Å². The molecule has 0 atom stereocenters. The van der Waals surface area contributed by atoms with E-state index in [0.717, 1.165) is 19.5 Å². The van der Waals surface area contributed by atoms with Gasteiger partial charge in [-0.25, -0.2) is 9.78 Å². The number of methoxy groups -OCH3 is 1. The molecule has 1 aliphatic heterocycles. The second kappa shape index (κ2) is 7.09. The largest absolute Gasteiger partial charge is 0.465 e. The molecule has 0 unspecified atom stereocenters. The zero-order chi connectivity index (χ0) is 14.4. The van der Waals surface area contributed by atoms with Gasteiger partial charge in [-0.3, -0.25) is 0 Å². The third kappa shape index (κ3) is 3.84. The molecule has 1 saturated heterocycles. The maximum absolute atomic E-state index is 11.5. The minimum absolute atomic E-state index is 0.333. The van der Waals surface area contributed by atoms with E-state index in [9.17, 15) is 4.79 Å². The van der Waals surface area contributed by atoms with E-state index in [1.54, 1.807) is 6.07 Å². The second-order valence-corrected chi connectivity index (χ2v) is 4.98. The van der Waals surface area contributed by atoms with Crippen LogP contribution in [-0.4, -0.2) is 49.1 Å². The minimum Gasteiger partial charge on any atom is -0.465 e. The first-order valence-corrected chi connectivity index (χ1v) is 7.01. The number of rotatable bonds is 6. The number of esters is 1. The number of ether oxygens (including phenoxy) is 1. The van der Waals surface area contributed by atoms with Gasteiger partial charge in [0.2, 0.25) is 0 Å². The number of hydrogen-bond donors (Lipinski definition) is 2. The van der Waals surface area contributed by atoms with Gasteiger partial charge in [-0.15, -0.1) is 0 Å². The van der Waals surface area contributed by atoms with Crippen LogP contribution in [0.1, 0.15) is 29.6 Å². The molecule has 0 radical (unpaired) electrons. The Morgan fingerprint density at radius 2 is 2.25 bits per heavy atom. The number of nitrogens with one attached hydrogen (secondary N) is 1. The Morgan fingerprint density at radius 3 is 2.95 bits per heavy atom. The average Bonchev–Trinajstić information content (AvgIpc) is 2.97. The molecule has 1 aromatic rings. The van der Waals surface area contributed by atoms with Crippen LogP contribution in [0.25, 0.3) is 0 Å². The topological polar surface area (TPSA) is 80.5 Å². The summed E-state index contributed by atoms with van der Waals surface area (Å²) in [6.45, 7) is 4.36. The zero-order valence-electron chi connectivity index (χ0n) is 11.9. The van der Waals surface area contributed by atoms with Crippen molar-refractivity contribution in [1.82, 2.24) is 9.88 Å². The molecule has 110 valence electrons. The van der Waals surface area contributed by atoms with Gasteiger partial charge in [-0.05, 0) is 45.0 Å². The number of anilines is 2. The number of carbonyl (C=O) groups excluding carboxylic acids is 1. The molecule has 6 nitrogen and oxygen atoms in total. The summed E-state index contributed by atoms with van der Waals surface area (Å²) < 4.78 is 4.68. The highest BCUT2D eigenvalue weighted by Crippen LogP contribution is 2.16. The Balaban J connectivity index is 1.81. The predicted octanol–water partition coefficient (Wildman–Crippen LogP) is 1.35. The van der Waals surface area contributed by atoms with Crippen LogP contribution in [-0.2, 0) is 4.74 Å². The summed E-state index contributed by atoms with van der Waals surface area (Å²) in [7, 11) is 1.34. The molecule has 20 heavy (non-hydrogen) atoms. The van der Waals surface area contributed by atoms with Gasteiger partial charge in [0.15, 0.2) is 0 Å². The molecule has 0 bridgehead atoms. The van der Waals surface area contributed by atoms with Gasteiger partial charge in [0.25, 0.3) is 0 Å². The number of likely N-dealkylation sites (tertiary alicyclic amines) is 1. The van der Waals surface area contributed by atoms with E-state index in [-0.39, 0.29) is 0 Å². The van der Waals surface area contributed by atoms with Crippen LogP contribution in [0.2, 0.25) is 0 Å². The monoisotopic (exact) mass is 278 g/mol. The normalized spacial score (nSPS) is 15.2. The molecule has 6 heteroatoms. The lowest BCUT2D eigenvalue weighted by Crippen LogP contribution is -2.22. The first kappa shape index (κ1) is 14.6. The third-order valence-corrected chi connectivity index (χ3v) is 3.50. The summed E-state index contributed by atoms with van der Waals surface area (Å²) in [6, 6.07) is 1.64. The lowest BCUT2D eigenvalue weighted by Gasteiger charge is -2.14. The number of nitrogens with zero attached hydrogens (tertiary/aromatic N) is 2. The summed E-state index contributed by atoms with van der Waals surface area (Å²) in [5.41, 5.74) is 6.39. The first-order valence-electron chi connectivity index (χ1n) is 7.01. The lowest BCUT2D eigenvalue weighted by molar-refractivity contribution is 0.0602. The zero-order valence-corrected chi connectivity index (χ0v) is 11.9. The highest BCUT2D eigenvalue weighted by molar-refractivity contribution is 5.95. The molecule has 1 aliphatic rings. The maximum Gasteiger partial charge on any atom is 0.340 e. The number of aromatic nitrogens is 1. The van der Waals surface area contributed by atoms with Crippen LogP contribution in [0.3, 0.4) is 0 Å². The summed E-state index contributed by atoms with van der Waals surface area (Å²) in [5.74, 6) is 0.214. The quantitative estimate of drug-likeness (QED) is 0.604. The fourth-order valence-electron chi connectivity index (χ4n) is 2.37. The third-order valence-electron chi connectivity index (χ3n) is 3.50. The lowest BCUT2D eigenvalue weighted by atomic mass is 10.2. The van der Waals surface area contributed by atoms with Crippen molar-refractivity contribution in [3.8, 4) is 0 Å². The van der Waals surface area contributed by atoms with E-state index >= 15 is 0 Å². The summed E-state index contributed by atoms with van der Waals surface area (Å²) in [4.78, 5) is 18.2. The van der Waals surface area contributed by atoms with Crippen molar-refractivity contribution in [3.05, 3.63) is 17.8 Å². The highest BCUT2D eigenvalue weighted by atomic mass is 16.5. The Kier molecular flexibility index (Phi) is 5.17. The standard InChI is InChI=1S/C14H22N4O2/c1-20-14(19)11-9-13(17-10-12(11)15)16-5-4-8-18-6-2-3-7-18/h9-10H,2-8,15H2,1H3,(H,16,17). The first-order chi connectivity index (χ1) is 9.70. The van der Waals surface area contributed by atoms with Crippen molar-refractivity contribution >= 4 is 17.5 Å². The Hall–Kier alpha value is -1.82. The molecule has 0 spiro atoms. The Bertz CT molecular complexity index is 458. The summed E-state index contributed by atoms with van der Waals surface area (Å²) >= 11 is 0. The van der Waals surface area contributed by atoms with Crippen LogP contribution >= 0.6 is 0 Å². The Labute approximate surface area is 119 Å². The van der Waals surface area contributed by atoms with Crippen molar-refractivity contribution in [2.75, 3.05) is 44.3 Å². The smallest absolute Gasteiger partial charge is 0.340 e. The van der Waals surface area contributed by atoms with E-state index in [4.69, 9.17) is 5.73 Å². The van der Waals surface area contributed by atoms with E-state index in [2.05, 4.69) is 19.9 Å². The minimum atomic E-state index is -0.440. The maximum atomic E-state index is 11.5. The van der Waals surface area contributed by atoms with Crippen LogP contribution < -0.4 is 11.1 Å². The molecule has 0 aliphatic carbocycles. The summed E-state index contributed by atoms with van der Waals surface area (Å²) in [6.07, 6.45) is 5.17. The van der Waals surface area contributed by atoms with Gasteiger partial charge in [-0.1, -0.05) is 0 Å². The van der Waals surface area contributed by atoms with Crippen molar-refractivity contribution in [1.29, 1.82) is 0 Å². The summed E-state index contributed by atoms with van der Waals surface area (Å²) in [5, 5.41) is 3.21. The van der Waals surface area contributed by atoms with Gasteiger partial charge < -0.3 is 20.7 Å². The van der Waals surface area contributed by atoms with E-state index in [1.165, 1.54) is 39.2 Å². The number of carbonyl (C=O) groups is 1. The van der Waals surface area contributed by atoms with Crippen molar-refractivity contribution in [2.24, 2.45) is 0 Å². The molecule has 3 N–H and O–H groups in total. The molecule has 1 fully saturated rings. The van der Waals surface area contributed by atoms with E-state index < -0.39 is 5.97 Å². The SMILES string of the molecule is COC(=O)c1cc(NCCCN2CCCC2)ncc1N. The number of nitrogens with two attached hydrogens (primary N) is 1. The molecule has 0 aromatic carbocycles. The average molecular weight is 278 g/mol. The molecular weight excluding hydrogens is 256 g/mol. The second-order valence-electron chi connectivity index (χ2n) is 4.98. The molecular formula is C14H22N4O2. The number of hydrogen-bond acceptors (Lipinski definition) is 6. The van der Waals surface area contributed by atoms with Crippen molar-refractivity contribution in [2.45, 2.75) is 19.3 Å². The van der Waals surface area contributed by atoms with Crippen LogP contribution in [0.15, 0.2) is 12.3 Å². The number of pyridine rings is 1.